The Morgan fingerprint density at radius 1 is 1.09 bits per heavy atom. The van der Waals surface area contributed by atoms with Crippen LogP contribution in [0.3, 0.4) is 0 Å². The zero-order chi connectivity index (χ0) is 21.2. The molecule has 5 rings (SSSR count). The first-order valence-corrected chi connectivity index (χ1v) is 10.6. The summed E-state index contributed by atoms with van der Waals surface area (Å²) in [5, 5.41) is 6.19. The van der Waals surface area contributed by atoms with Gasteiger partial charge in [-0.3, -0.25) is 4.79 Å². The quantitative estimate of drug-likeness (QED) is 0.470. The smallest absolute Gasteiger partial charge is 0.255 e. The molecule has 0 unspecified atom stereocenters. The molecule has 4 heterocycles. The molecule has 0 spiro atoms. The molecule has 4 aromatic rings. The Bertz CT molecular complexity index is 1240. The van der Waals surface area contributed by atoms with E-state index in [0.717, 1.165) is 29.5 Å². The van der Waals surface area contributed by atoms with Crippen LogP contribution in [0.4, 0.5) is 16.2 Å². The van der Waals surface area contributed by atoms with Crippen molar-refractivity contribution in [2.24, 2.45) is 0 Å². The lowest BCUT2D eigenvalue weighted by molar-refractivity contribution is 0.0735. The number of nitrogens with one attached hydrogen (secondary N) is 2. The van der Waals surface area contributed by atoms with Crippen molar-refractivity contribution in [3.63, 3.8) is 0 Å². The second-order valence-electron chi connectivity index (χ2n) is 7.02. The summed E-state index contributed by atoms with van der Waals surface area (Å²) in [6.45, 7) is 2.94. The van der Waals surface area contributed by atoms with Crippen molar-refractivity contribution in [1.29, 1.82) is 0 Å². The third kappa shape index (κ3) is 4.52. The van der Waals surface area contributed by atoms with Crippen LogP contribution in [0.1, 0.15) is 10.4 Å². The van der Waals surface area contributed by atoms with Gasteiger partial charge in [0.05, 0.1) is 27.5 Å². The van der Waals surface area contributed by atoms with E-state index in [1.807, 2.05) is 12.1 Å². The molecule has 8 nitrogen and oxygen atoms in total. The van der Waals surface area contributed by atoms with E-state index in [0.29, 0.717) is 30.0 Å². The molecule has 1 fully saturated rings. The highest BCUT2D eigenvalue weighted by atomic mass is 35.5. The third-order valence-electron chi connectivity index (χ3n) is 5.00. The zero-order valence-corrected chi connectivity index (χ0v) is 18.4. The summed E-state index contributed by atoms with van der Waals surface area (Å²) >= 11 is 1.52. The van der Waals surface area contributed by atoms with Gasteiger partial charge in [-0.2, -0.15) is 0 Å². The average Bonchev–Trinajstić information content (AvgIpc) is 3.29. The second-order valence-corrected chi connectivity index (χ2v) is 7.91. The Morgan fingerprint density at radius 2 is 1.94 bits per heavy atom. The van der Waals surface area contributed by atoms with Gasteiger partial charge in [-0.1, -0.05) is 6.07 Å². The van der Waals surface area contributed by atoms with Crippen molar-refractivity contribution < 1.29 is 9.18 Å². The molecule has 3 aromatic heterocycles. The van der Waals surface area contributed by atoms with E-state index in [1.54, 1.807) is 28.6 Å². The first-order valence-electron chi connectivity index (χ1n) is 9.76. The van der Waals surface area contributed by atoms with Crippen molar-refractivity contribution >= 4 is 51.6 Å². The van der Waals surface area contributed by atoms with Gasteiger partial charge in [0.25, 0.3) is 5.91 Å². The molecule has 0 bridgehead atoms. The van der Waals surface area contributed by atoms with Gasteiger partial charge in [-0.25, -0.2) is 24.3 Å². The number of pyridine rings is 1. The Morgan fingerprint density at radius 3 is 2.72 bits per heavy atom. The van der Waals surface area contributed by atoms with Crippen molar-refractivity contribution in [2.75, 3.05) is 31.5 Å². The number of piperazine rings is 1. The van der Waals surface area contributed by atoms with Crippen LogP contribution < -0.4 is 10.6 Å². The number of aromatic nitrogens is 4. The van der Waals surface area contributed by atoms with E-state index >= 15 is 0 Å². The number of carbonyl (C=O) groups is 1. The predicted octanol–water partition coefficient (Wildman–Crippen LogP) is 3.50. The number of halogens is 2. The van der Waals surface area contributed by atoms with E-state index in [4.69, 9.17) is 0 Å². The van der Waals surface area contributed by atoms with Crippen molar-refractivity contribution in [3.8, 4) is 11.3 Å². The molecule has 1 aliphatic heterocycles. The van der Waals surface area contributed by atoms with Crippen LogP contribution in [0.5, 0.6) is 0 Å². The molecule has 2 N–H and O–H groups in total. The summed E-state index contributed by atoms with van der Waals surface area (Å²) in [6, 6.07) is 8.90. The molecule has 164 valence electrons. The van der Waals surface area contributed by atoms with Gasteiger partial charge in [0.15, 0.2) is 5.82 Å². The van der Waals surface area contributed by atoms with E-state index in [9.17, 15) is 9.18 Å². The monoisotopic (exact) mass is 471 g/mol. The normalized spacial score (nSPS) is 13.6. The largest absolute Gasteiger partial charge is 0.336 e. The fourth-order valence-electron chi connectivity index (χ4n) is 3.39. The van der Waals surface area contributed by atoms with Gasteiger partial charge < -0.3 is 15.5 Å². The van der Waals surface area contributed by atoms with Crippen LogP contribution in [-0.2, 0) is 0 Å². The number of carbonyl (C=O) groups excluding carboxylic acids is 1. The van der Waals surface area contributed by atoms with E-state index < -0.39 is 5.82 Å². The number of nitrogens with zero attached hydrogens (tertiary/aromatic N) is 5. The summed E-state index contributed by atoms with van der Waals surface area (Å²) in [6.07, 6.45) is 2.64. The summed E-state index contributed by atoms with van der Waals surface area (Å²) in [4.78, 5) is 31.2. The third-order valence-corrected chi connectivity index (χ3v) is 5.81. The minimum Gasteiger partial charge on any atom is -0.336 e. The minimum atomic E-state index is -0.523. The van der Waals surface area contributed by atoms with Gasteiger partial charge in [0.1, 0.15) is 11.5 Å². The molecule has 1 saturated heterocycles. The summed E-state index contributed by atoms with van der Waals surface area (Å²) in [7, 11) is 0. The number of fused-ring (bicyclic) bond motifs is 1. The second kappa shape index (κ2) is 9.51. The van der Waals surface area contributed by atoms with Gasteiger partial charge >= 0.3 is 0 Å². The van der Waals surface area contributed by atoms with Crippen LogP contribution in [-0.4, -0.2) is 56.9 Å². The van der Waals surface area contributed by atoms with E-state index in [-0.39, 0.29) is 30.0 Å². The summed E-state index contributed by atoms with van der Waals surface area (Å²) < 4.78 is 15.4. The van der Waals surface area contributed by atoms with E-state index in [2.05, 4.69) is 30.6 Å². The minimum absolute atomic E-state index is 0. The maximum absolute atomic E-state index is 14.4. The van der Waals surface area contributed by atoms with Crippen molar-refractivity contribution in [2.45, 2.75) is 0 Å². The van der Waals surface area contributed by atoms with Gasteiger partial charge in [0, 0.05) is 37.9 Å². The van der Waals surface area contributed by atoms with Crippen LogP contribution in [0.15, 0.2) is 48.2 Å². The maximum atomic E-state index is 14.4. The SMILES string of the molecule is Cl.O=C(c1ccc(Nc2ncc(F)c(-c3ccc4scnc4c3)n2)nc1)N1CCNCC1. The Balaban J connectivity index is 0.00000245. The molecular weight excluding hydrogens is 453 g/mol. The number of amides is 1. The number of hydrogen-bond donors (Lipinski definition) is 2. The molecule has 32 heavy (non-hydrogen) atoms. The Hall–Kier alpha value is -3.21. The summed E-state index contributed by atoms with van der Waals surface area (Å²) in [5.41, 5.74) is 3.86. The number of rotatable bonds is 4. The van der Waals surface area contributed by atoms with Crippen LogP contribution in [0, 0.1) is 5.82 Å². The Kier molecular flexibility index (Phi) is 6.54. The zero-order valence-electron chi connectivity index (χ0n) is 16.8. The molecule has 1 amide bonds. The van der Waals surface area contributed by atoms with Gasteiger partial charge in [-0.15, -0.1) is 23.7 Å². The molecule has 0 radical (unpaired) electrons. The number of benzene rings is 1. The molecule has 0 atom stereocenters. The summed E-state index contributed by atoms with van der Waals surface area (Å²) in [5.74, 6) is 0.108. The standard InChI is InChI=1S/C21H18FN7OS.ClH/c22-15-11-25-21(28-19(15)13-1-3-17-16(9-13)26-12-31-17)27-18-4-2-14(10-24-18)20(30)29-7-5-23-6-8-29;/h1-4,9-12,23H,5-8H2,(H,24,25,27,28);1H. The Labute approximate surface area is 193 Å². The number of anilines is 2. The fourth-order valence-corrected chi connectivity index (χ4v) is 4.05. The lowest BCUT2D eigenvalue weighted by Crippen LogP contribution is -2.46. The van der Waals surface area contributed by atoms with Gasteiger partial charge in [-0.05, 0) is 24.3 Å². The first-order chi connectivity index (χ1) is 15.2. The lowest BCUT2D eigenvalue weighted by Gasteiger charge is -2.27. The average molecular weight is 472 g/mol. The first kappa shape index (κ1) is 22.0. The maximum Gasteiger partial charge on any atom is 0.255 e. The number of thiazole rings is 1. The molecule has 0 saturated carbocycles. The van der Waals surface area contributed by atoms with Crippen LogP contribution >= 0.6 is 23.7 Å². The molecular formula is C21H19ClFN7OS. The van der Waals surface area contributed by atoms with Crippen LogP contribution in [0.2, 0.25) is 0 Å². The highest BCUT2D eigenvalue weighted by Crippen LogP contribution is 2.27. The van der Waals surface area contributed by atoms with Crippen molar-refractivity contribution in [1.82, 2.24) is 30.2 Å². The highest BCUT2D eigenvalue weighted by Gasteiger charge is 2.18. The number of hydrogen-bond acceptors (Lipinski definition) is 8. The highest BCUT2D eigenvalue weighted by molar-refractivity contribution is 7.16. The topological polar surface area (TPSA) is 95.9 Å². The van der Waals surface area contributed by atoms with Crippen molar-refractivity contribution in [3.05, 3.63) is 59.6 Å². The van der Waals surface area contributed by atoms with Gasteiger partial charge in [0.2, 0.25) is 5.95 Å². The molecule has 1 aromatic carbocycles. The fraction of sp³-hybridized carbons (Fsp3) is 0.190. The van der Waals surface area contributed by atoms with Crippen LogP contribution in [0.25, 0.3) is 21.5 Å². The molecule has 1 aliphatic rings. The predicted molar refractivity (Wildman–Crippen MR) is 124 cm³/mol. The molecule has 11 heteroatoms. The lowest BCUT2D eigenvalue weighted by atomic mass is 10.1. The molecule has 0 aliphatic carbocycles. The van der Waals surface area contributed by atoms with E-state index in [1.165, 1.54) is 17.5 Å².